The van der Waals surface area contributed by atoms with E-state index < -0.39 is 0 Å². The van der Waals surface area contributed by atoms with Crippen LogP contribution in [0.2, 0.25) is 0 Å². The lowest BCUT2D eigenvalue weighted by Gasteiger charge is -2.13. The molecule has 0 aliphatic rings. The number of pyridine rings is 4. The molecule has 0 aromatic carbocycles. The van der Waals surface area contributed by atoms with Gasteiger partial charge in [-0.1, -0.05) is 18.2 Å². The third-order valence-corrected chi connectivity index (χ3v) is 3.75. The van der Waals surface area contributed by atoms with E-state index in [0.29, 0.717) is 0 Å². The minimum atomic E-state index is 0.815. The highest BCUT2D eigenvalue weighted by molar-refractivity contribution is 5.90. The third-order valence-electron chi connectivity index (χ3n) is 3.75. The van der Waals surface area contributed by atoms with Crippen LogP contribution in [-0.4, -0.2) is 19.9 Å². The van der Waals surface area contributed by atoms with Crippen LogP contribution in [0.15, 0.2) is 85.6 Å². The molecule has 0 radical (unpaired) electrons. The molecule has 0 unspecified atom stereocenters. The molecule has 0 spiro atoms. The Morgan fingerprint density at radius 3 is 2.04 bits per heavy atom. The topological polar surface area (TPSA) is 51.6 Å². The van der Waals surface area contributed by atoms with Crippen molar-refractivity contribution in [1.29, 1.82) is 0 Å². The quantitative estimate of drug-likeness (QED) is 0.567. The SMILES string of the molecule is c1ccc(-c2nccc(-c3cccnc3)c2-c2ccccn2)nc1. The third kappa shape index (κ3) is 2.65. The number of rotatable bonds is 3. The number of aromatic nitrogens is 4. The van der Waals surface area contributed by atoms with Crippen LogP contribution >= 0.6 is 0 Å². The molecule has 0 fully saturated rings. The Morgan fingerprint density at radius 1 is 0.583 bits per heavy atom. The zero-order valence-corrected chi connectivity index (χ0v) is 12.9. The Balaban J connectivity index is 2.02. The van der Waals surface area contributed by atoms with Crippen molar-refractivity contribution in [2.24, 2.45) is 0 Å². The van der Waals surface area contributed by atoms with Crippen LogP contribution in [0, 0.1) is 0 Å². The second-order valence-corrected chi connectivity index (χ2v) is 5.25. The molecule has 114 valence electrons. The summed E-state index contributed by atoms with van der Waals surface area (Å²) in [4.78, 5) is 17.8. The summed E-state index contributed by atoms with van der Waals surface area (Å²) in [5.41, 5.74) is 5.53. The number of hydrogen-bond donors (Lipinski definition) is 0. The van der Waals surface area contributed by atoms with E-state index in [9.17, 15) is 0 Å². The first-order valence-electron chi connectivity index (χ1n) is 7.66. The maximum Gasteiger partial charge on any atom is 0.0986 e. The maximum atomic E-state index is 4.59. The van der Waals surface area contributed by atoms with Crippen LogP contribution in [0.4, 0.5) is 0 Å². The molecule has 0 amide bonds. The van der Waals surface area contributed by atoms with E-state index in [-0.39, 0.29) is 0 Å². The summed E-state index contributed by atoms with van der Waals surface area (Å²) < 4.78 is 0. The van der Waals surface area contributed by atoms with Gasteiger partial charge in [-0.2, -0.15) is 0 Å². The predicted molar refractivity (Wildman–Crippen MR) is 93.9 cm³/mol. The molecule has 4 heterocycles. The van der Waals surface area contributed by atoms with Gasteiger partial charge < -0.3 is 0 Å². The monoisotopic (exact) mass is 310 g/mol. The Bertz CT molecular complexity index is 881. The first kappa shape index (κ1) is 14.2. The largest absolute Gasteiger partial charge is 0.264 e. The van der Waals surface area contributed by atoms with Gasteiger partial charge in [0, 0.05) is 42.1 Å². The molecular formula is C20H14N4. The van der Waals surface area contributed by atoms with Crippen molar-refractivity contribution in [2.75, 3.05) is 0 Å². The smallest absolute Gasteiger partial charge is 0.0986 e. The standard InChI is InChI=1S/C20H14N4/c1-3-11-22-17(7-1)19-16(15-6-5-10-21-14-15)9-13-24-20(19)18-8-2-4-12-23-18/h1-14H. The summed E-state index contributed by atoms with van der Waals surface area (Å²) >= 11 is 0. The minimum absolute atomic E-state index is 0.815. The van der Waals surface area contributed by atoms with Crippen molar-refractivity contribution >= 4 is 0 Å². The molecule has 24 heavy (non-hydrogen) atoms. The summed E-state index contributed by atoms with van der Waals surface area (Å²) in [5, 5.41) is 0. The highest BCUT2D eigenvalue weighted by atomic mass is 14.8. The highest BCUT2D eigenvalue weighted by Gasteiger charge is 2.16. The van der Waals surface area contributed by atoms with Crippen LogP contribution in [0.3, 0.4) is 0 Å². The second-order valence-electron chi connectivity index (χ2n) is 5.25. The lowest BCUT2D eigenvalue weighted by atomic mass is 9.96. The summed E-state index contributed by atoms with van der Waals surface area (Å²) in [6, 6.07) is 17.7. The van der Waals surface area contributed by atoms with Gasteiger partial charge in [-0.15, -0.1) is 0 Å². The van der Waals surface area contributed by atoms with E-state index in [2.05, 4.69) is 19.9 Å². The molecular weight excluding hydrogens is 296 g/mol. The molecule has 0 N–H and O–H groups in total. The van der Waals surface area contributed by atoms with Gasteiger partial charge in [0.2, 0.25) is 0 Å². The summed E-state index contributed by atoms with van der Waals surface area (Å²) in [7, 11) is 0. The van der Waals surface area contributed by atoms with Crippen molar-refractivity contribution in [3.05, 3.63) is 85.6 Å². The fourth-order valence-corrected chi connectivity index (χ4v) is 2.69. The molecule has 0 aliphatic heterocycles. The van der Waals surface area contributed by atoms with Gasteiger partial charge in [-0.05, 0) is 42.0 Å². The normalized spacial score (nSPS) is 10.5. The average molecular weight is 310 g/mol. The molecule has 0 saturated heterocycles. The molecule has 4 nitrogen and oxygen atoms in total. The Hall–Kier alpha value is -3.40. The Kier molecular flexibility index (Phi) is 3.78. The fourth-order valence-electron chi connectivity index (χ4n) is 2.69. The van der Waals surface area contributed by atoms with E-state index >= 15 is 0 Å². The van der Waals surface area contributed by atoms with Crippen molar-refractivity contribution in [3.8, 4) is 33.8 Å². The molecule has 0 saturated carbocycles. The molecule has 4 aromatic heterocycles. The zero-order chi connectivity index (χ0) is 16.2. The van der Waals surface area contributed by atoms with E-state index in [0.717, 1.165) is 33.8 Å². The van der Waals surface area contributed by atoms with Crippen molar-refractivity contribution in [3.63, 3.8) is 0 Å². The fraction of sp³-hybridized carbons (Fsp3) is 0. The van der Waals surface area contributed by atoms with E-state index in [1.165, 1.54) is 0 Å². The molecule has 4 aromatic rings. The predicted octanol–water partition coefficient (Wildman–Crippen LogP) is 4.27. The van der Waals surface area contributed by atoms with Crippen molar-refractivity contribution in [1.82, 2.24) is 19.9 Å². The van der Waals surface area contributed by atoms with E-state index in [1.54, 1.807) is 24.8 Å². The van der Waals surface area contributed by atoms with Crippen LogP contribution in [0.5, 0.6) is 0 Å². The first-order valence-corrected chi connectivity index (χ1v) is 7.66. The van der Waals surface area contributed by atoms with Gasteiger partial charge in [0.15, 0.2) is 0 Å². The average Bonchev–Trinajstić information content (AvgIpc) is 2.69. The number of nitrogens with zero attached hydrogens (tertiary/aromatic N) is 4. The number of hydrogen-bond acceptors (Lipinski definition) is 4. The second kappa shape index (κ2) is 6.38. The molecule has 4 heteroatoms. The van der Waals surface area contributed by atoms with Gasteiger partial charge in [-0.3, -0.25) is 19.9 Å². The van der Waals surface area contributed by atoms with Gasteiger partial charge in [0.05, 0.1) is 17.1 Å². The molecule has 0 aliphatic carbocycles. The Morgan fingerprint density at radius 2 is 1.38 bits per heavy atom. The van der Waals surface area contributed by atoms with Crippen LogP contribution in [0.1, 0.15) is 0 Å². The van der Waals surface area contributed by atoms with E-state index in [1.807, 2.05) is 60.8 Å². The lowest BCUT2D eigenvalue weighted by molar-refractivity contribution is 1.23. The van der Waals surface area contributed by atoms with Crippen molar-refractivity contribution < 1.29 is 0 Å². The zero-order valence-electron chi connectivity index (χ0n) is 12.9. The first-order chi connectivity index (χ1) is 11.9. The lowest BCUT2D eigenvalue weighted by Crippen LogP contribution is -1.96. The molecule has 4 rings (SSSR count). The maximum absolute atomic E-state index is 4.59. The van der Waals surface area contributed by atoms with Gasteiger partial charge in [0.25, 0.3) is 0 Å². The van der Waals surface area contributed by atoms with E-state index in [4.69, 9.17) is 0 Å². The van der Waals surface area contributed by atoms with Crippen LogP contribution in [-0.2, 0) is 0 Å². The summed E-state index contributed by atoms with van der Waals surface area (Å²) in [5.74, 6) is 0. The van der Waals surface area contributed by atoms with Gasteiger partial charge in [-0.25, -0.2) is 0 Å². The molecule has 0 atom stereocenters. The van der Waals surface area contributed by atoms with Crippen LogP contribution < -0.4 is 0 Å². The Labute approximate surface area is 139 Å². The molecule has 0 bridgehead atoms. The minimum Gasteiger partial charge on any atom is -0.264 e. The van der Waals surface area contributed by atoms with Gasteiger partial charge in [0.1, 0.15) is 0 Å². The summed E-state index contributed by atoms with van der Waals surface area (Å²) in [6.07, 6.45) is 8.99. The van der Waals surface area contributed by atoms with Crippen molar-refractivity contribution in [2.45, 2.75) is 0 Å². The summed E-state index contributed by atoms with van der Waals surface area (Å²) in [6.45, 7) is 0. The highest BCUT2D eigenvalue weighted by Crippen LogP contribution is 2.36. The van der Waals surface area contributed by atoms with Crippen LogP contribution in [0.25, 0.3) is 33.8 Å². The van der Waals surface area contributed by atoms with Gasteiger partial charge >= 0.3 is 0 Å².